The van der Waals surface area contributed by atoms with E-state index in [9.17, 15) is 4.79 Å². The Labute approximate surface area is 211 Å². The molecule has 178 valence electrons. The number of carbonyl (C=O) groups is 1. The van der Waals surface area contributed by atoms with Crippen molar-refractivity contribution in [1.29, 1.82) is 0 Å². The highest BCUT2D eigenvalue weighted by Gasteiger charge is 2.21. The number of anilines is 2. The van der Waals surface area contributed by atoms with Crippen LogP contribution in [0.4, 0.5) is 11.5 Å². The number of benzene rings is 2. The Hall–Kier alpha value is -4.43. The summed E-state index contributed by atoms with van der Waals surface area (Å²) in [5.41, 5.74) is 4.83. The normalized spacial score (nSPS) is 12.8. The molecule has 0 bridgehead atoms. The summed E-state index contributed by atoms with van der Waals surface area (Å²) in [4.78, 5) is 25.2. The van der Waals surface area contributed by atoms with Crippen molar-refractivity contribution in [3.63, 3.8) is 0 Å². The fourth-order valence-corrected chi connectivity index (χ4v) is 4.37. The molecule has 0 atom stereocenters. The molecule has 2 aromatic carbocycles. The third-order valence-electron chi connectivity index (χ3n) is 5.95. The van der Waals surface area contributed by atoms with E-state index in [1.807, 2.05) is 59.3 Å². The van der Waals surface area contributed by atoms with Gasteiger partial charge in [0.25, 0.3) is 0 Å². The van der Waals surface area contributed by atoms with Crippen molar-refractivity contribution in [2.45, 2.75) is 13.0 Å². The van der Waals surface area contributed by atoms with Crippen LogP contribution in [0, 0.1) is 0 Å². The molecule has 0 amide bonds. The molecule has 9 heteroatoms. The minimum Gasteiger partial charge on any atom is -0.486 e. The van der Waals surface area contributed by atoms with Crippen molar-refractivity contribution in [2.75, 3.05) is 11.9 Å². The highest BCUT2D eigenvalue weighted by Crippen LogP contribution is 2.32. The first kappa shape index (κ1) is 22.1. The molecule has 0 radical (unpaired) electrons. The Morgan fingerprint density at radius 1 is 1.06 bits per heavy atom. The fraction of sp³-hybridized carbons (Fsp3) is 0.111. The number of nitrogens with zero attached hydrogens (tertiary/aromatic N) is 4. The Morgan fingerprint density at radius 3 is 2.83 bits per heavy atom. The summed E-state index contributed by atoms with van der Waals surface area (Å²) in [6.45, 7) is 0.734. The monoisotopic (exact) mass is 497 g/mol. The molecule has 4 heterocycles. The highest BCUT2D eigenvalue weighted by atomic mass is 35.5. The Bertz CT molecular complexity index is 1590. The van der Waals surface area contributed by atoms with E-state index in [1.54, 1.807) is 18.5 Å². The predicted octanol–water partition coefficient (Wildman–Crippen LogP) is 5.50. The van der Waals surface area contributed by atoms with Gasteiger partial charge in [-0.3, -0.25) is 4.98 Å². The molecule has 1 aliphatic heterocycles. The van der Waals surface area contributed by atoms with E-state index in [-0.39, 0.29) is 5.97 Å². The molecule has 0 spiro atoms. The number of ether oxygens (including phenoxy) is 2. The molecule has 8 nitrogen and oxygen atoms in total. The number of esters is 1. The second-order valence-electron chi connectivity index (χ2n) is 8.29. The predicted molar refractivity (Wildman–Crippen MR) is 136 cm³/mol. The molecule has 0 saturated carbocycles. The van der Waals surface area contributed by atoms with Gasteiger partial charge in [-0.1, -0.05) is 17.7 Å². The Balaban J connectivity index is 1.26. The second kappa shape index (κ2) is 9.31. The van der Waals surface area contributed by atoms with Gasteiger partial charge in [-0.25, -0.2) is 14.8 Å². The van der Waals surface area contributed by atoms with Crippen LogP contribution in [0.1, 0.15) is 21.6 Å². The molecule has 6 rings (SSSR count). The summed E-state index contributed by atoms with van der Waals surface area (Å²) in [5.74, 6) is 0.917. The van der Waals surface area contributed by atoms with E-state index in [0.717, 1.165) is 33.5 Å². The lowest BCUT2D eigenvalue weighted by Gasteiger charge is -2.12. The van der Waals surface area contributed by atoms with E-state index in [2.05, 4.69) is 20.3 Å². The molecular formula is C27H20ClN5O3. The van der Waals surface area contributed by atoms with Gasteiger partial charge >= 0.3 is 5.97 Å². The number of hydrogen-bond donors (Lipinski definition) is 1. The van der Waals surface area contributed by atoms with Gasteiger partial charge in [0.15, 0.2) is 0 Å². The summed E-state index contributed by atoms with van der Waals surface area (Å²) in [6, 6.07) is 17.0. The van der Waals surface area contributed by atoms with Gasteiger partial charge in [0, 0.05) is 41.8 Å². The lowest BCUT2D eigenvalue weighted by molar-refractivity contribution is 0.0481. The summed E-state index contributed by atoms with van der Waals surface area (Å²) < 4.78 is 12.9. The van der Waals surface area contributed by atoms with Gasteiger partial charge in [0.05, 0.1) is 28.4 Å². The van der Waals surface area contributed by atoms with Crippen LogP contribution in [-0.2, 0) is 17.8 Å². The van der Waals surface area contributed by atoms with Crippen LogP contribution in [0.3, 0.4) is 0 Å². The maximum absolute atomic E-state index is 12.1. The maximum atomic E-state index is 12.1. The van der Waals surface area contributed by atoms with Crippen molar-refractivity contribution in [2.24, 2.45) is 0 Å². The van der Waals surface area contributed by atoms with Crippen molar-refractivity contribution >= 4 is 40.0 Å². The number of aromatic nitrogens is 4. The molecular weight excluding hydrogens is 478 g/mol. The molecule has 0 fully saturated rings. The van der Waals surface area contributed by atoms with E-state index in [0.29, 0.717) is 41.8 Å². The number of pyridine rings is 1. The maximum Gasteiger partial charge on any atom is 0.339 e. The number of nitrogens with one attached hydrogen (secondary N) is 1. The standard InChI is InChI=1S/C27H20ClN5O3/c28-23-11-18(4-7-25(23)36-15-19-3-1-2-9-29-19)32-26-21-12-20(5-6-24(21)30-16-31-26)33-13-17-8-10-35-27(34)22(17)14-33/h1-7,9,11-14,16H,8,10,15H2,(H,30,31,32). The number of cyclic esters (lactones) is 1. The first-order valence-corrected chi connectivity index (χ1v) is 11.7. The lowest BCUT2D eigenvalue weighted by Crippen LogP contribution is -2.15. The molecule has 3 aromatic heterocycles. The molecule has 5 aromatic rings. The summed E-state index contributed by atoms with van der Waals surface area (Å²) >= 11 is 6.49. The van der Waals surface area contributed by atoms with E-state index in [1.165, 1.54) is 6.33 Å². The molecule has 0 aliphatic carbocycles. The van der Waals surface area contributed by atoms with Gasteiger partial charge in [0.2, 0.25) is 0 Å². The van der Waals surface area contributed by atoms with E-state index in [4.69, 9.17) is 21.1 Å². The smallest absolute Gasteiger partial charge is 0.339 e. The Morgan fingerprint density at radius 2 is 2.00 bits per heavy atom. The molecule has 0 unspecified atom stereocenters. The largest absolute Gasteiger partial charge is 0.486 e. The highest BCUT2D eigenvalue weighted by molar-refractivity contribution is 6.32. The molecule has 1 N–H and O–H groups in total. The fourth-order valence-electron chi connectivity index (χ4n) is 4.13. The Kier molecular flexibility index (Phi) is 5.71. The van der Waals surface area contributed by atoms with Crippen molar-refractivity contribution in [3.05, 3.63) is 101 Å². The number of hydrogen-bond acceptors (Lipinski definition) is 7. The molecule has 0 saturated heterocycles. The molecule has 1 aliphatic rings. The van der Waals surface area contributed by atoms with Crippen LogP contribution >= 0.6 is 11.6 Å². The van der Waals surface area contributed by atoms with Crippen LogP contribution in [0.15, 0.2) is 79.5 Å². The molecule has 36 heavy (non-hydrogen) atoms. The van der Waals surface area contributed by atoms with Gasteiger partial charge in [-0.2, -0.15) is 0 Å². The van der Waals surface area contributed by atoms with Crippen LogP contribution in [-0.4, -0.2) is 32.1 Å². The van der Waals surface area contributed by atoms with Crippen LogP contribution in [0.2, 0.25) is 5.02 Å². The van der Waals surface area contributed by atoms with Crippen LogP contribution in [0.25, 0.3) is 16.6 Å². The van der Waals surface area contributed by atoms with Crippen molar-refractivity contribution < 1.29 is 14.3 Å². The number of carbonyl (C=O) groups excluding carboxylic acids is 1. The minimum absolute atomic E-state index is 0.286. The number of halogens is 1. The van der Waals surface area contributed by atoms with Gasteiger partial charge in [0.1, 0.15) is 24.5 Å². The summed E-state index contributed by atoms with van der Waals surface area (Å²) in [5, 5.41) is 4.64. The van der Waals surface area contributed by atoms with Gasteiger partial charge in [-0.05, 0) is 54.1 Å². The van der Waals surface area contributed by atoms with Crippen LogP contribution in [0.5, 0.6) is 5.75 Å². The van der Waals surface area contributed by atoms with Crippen LogP contribution < -0.4 is 10.1 Å². The van der Waals surface area contributed by atoms with E-state index < -0.39 is 0 Å². The zero-order chi connectivity index (χ0) is 24.5. The number of fused-ring (bicyclic) bond motifs is 2. The average Bonchev–Trinajstić information content (AvgIpc) is 3.35. The topological polar surface area (TPSA) is 91.2 Å². The third kappa shape index (κ3) is 4.34. The quantitative estimate of drug-likeness (QED) is 0.309. The zero-order valence-electron chi connectivity index (χ0n) is 19.0. The minimum atomic E-state index is -0.286. The second-order valence-corrected chi connectivity index (χ2v) is 8.70. The van der Waals surface area contributed by atoms with Crippen molar-refractivity contribution in [3.8, 4) is 11.4 Å². The van der Waals surface area contributed by atoms with Crippen molar-refractivity contribution in [1.82, 2.24) is 19.5 Å². The van der Waals surface area contributed by atoms with Gasteiger partial charge < -0.3 is 19.4 Å². The number of rotatable bonds is 6. The lowest BCUT2D eigenvalue weighted by atomic mass is 10.1. The van der Waals surface area contributed by atoms with E-state index >= 15 is 0 Å². The average molecular weight is 498 g/mol. The first-order valence-electron chi connectivity index (χ1n) is 11.4. The SMILES string of the molecule is O=C1OCCc2cn(-c3ccc4ncnc(Nc5ccc(OCc6ccccn6)c(Cl)c5)c4c3)cc21. The summed E-state index contributed by atoms with van der Waals surface area (Å²) in [7, 11) is 0. The zero-order valence-corrected chi connectivity index (χ0v) is 19.8. The first-order chi connectivity index (χ1) is 17.6. The third-order valence-corrected chi connectivity index (χ3v) is 6.24. The summed E-state index contributed by atoms with van der Waals surface area (Å²) in [6.07, 6.45) is 7.72. The van der Waals surface area contributed by atoms with Gasteiger partial charge in [-0.15, -0.1) is 0 Å².